The molecule has 2 aliphatic rings. The first-order chi connectivity index (χ1) is 13.1. The lowest BCUT2D eigenvalue weighted by molar-refractivity contribution is 0.156. The van der Waals surface area contributed by atoms with Crippen LogP contribution in [0.15, 0.2) is 43.0 Å². The zero-order chi connectivity index (χ0) is 18.9. The van der Waals surface area contributed by atoms with Crippen molar-refractivity contribution in [2.45, 2.75) is 37.1 Å². The topological polar surface area (TPSA) is 75.3 Å². The number of benzene rings is 1. The molecule has 6 nitrogen and oxygen atoms in total. The molecular weight excluding hydrogens is 397 g/mol. The molecule has 2 heterocycles. The highest BCUT2D eigenvalue weighted by Gasteiger charge is 2.41. The second-order valence-electron chi connectivity index (χ2n) is 7.45. The van der Waals surface area contributed by atoms with Crippen molar-refractivity contribution >= 4 is 35.7 Å². The van der Waals surface area contributed by atoms with Gasteiger partial charge in [0.15, 0.2) is 0 Å². The molecule has 1 aromatic carbocycles. The number of carbonyl (C=O) groups is 1. The van der Waals surface area contributed by atoms with E-state index in [0.717, 1.165) is 42.9 Å². The Morgan fingerprint density at radius 1 is 1.18 bits per heavy atom. The van der Waals surface area contributed by atoms with E-state index in [1.54, 1.807) is 17.3 Å². The molecule has 0 atom stereocenters. The molecule has 2 aromatic rings. The van der Waals surface area contributed by atoms with Crippen LogP contribution in [0.3, 0.4) is 0 Å². The van der Waals surface area contributed by atoms with Crippen LogP contribution >= 0.6 is 24.0 Å². The van der Waals surface area contributed by atoms with Gasteiger partial charge < -0.3 is 10.6 Å². The monoisotopic (exact) mass is 421 g/mol. The van der Waals surface area contributed by atoms with E-state index < -0.39 is 0 Å². The van der Waals surface area contributed by atoms with Crippen molar-refractivity contribution in [2.24, 2.45) is 5.73 Å². The highest BCUT2D eigenvalue weighted by molar-refractivity contribution is 6.30. The van der Waals surface area contributed by atoms with E-state index in [9.17, 15) is 4.79 Å². The van der Waals surface area contributed by atoms with Crippen molar-refractivity contribution in [3.8, 4) is 0 Å². The quantitative estimate of drug-likeness (QED) is 0.817. The number of hydrogen-bond donors (Lipinski definition) is 1. The van der Waals surface area contributed by atoms with Gasteiger partial charge in [0.05, 0.1) is 18.1 Å². The fourth-order valence-electron chi connectivity index (χ4n) is 4.46. The minimum Gasteiger partial charge on any atom is -0.330 e. The van der Waals surface area contributed by atoms with Crippen LogP contribution in [0.25, 0.3) is 0 Å². The van der Waals surface area contributed by atoms with Gasteiger partial charge in [-0.05, 0) is 43.4 Å². The molecule has 8 heteroatoms. The summed E-state index contributed by atoms with van der Waals surface area (Å²) in [5, 5.41) is 0.748. The molecule has 1 aromatic heterocycles. The van der Waals surface area contributed by atoms with Crippen LogP contribution < -0.4 is 10.6 Å². The number of hydrogen-bond acceptors (Lipinski definition) is 4. The number of carbonyl (C=O) groups excluding carboxylic acids is 1. The van der Waals surface area contributed by atoms with Gasteiger partial charge in [0.25, 0.3) is 0 Å². The minimum atomic E-state index is -0.0445. The number of halogens is 2. The Balaban J connectivity index is 0.00000225. The predicted octanol–water partition coefficient (Wildman–Crippen LogP) is 3.63. The fraction of sp³-hybridized carbons (Fsp3) is 0.450. The van der Waals surface area contributed by atoms with E-state index in [2.05, 4.69) is 16.0 Å². The molecule has 4 rings (SSSR count). The van der Waals surface area contributed by atoms with Crippen LogP contribution in [-0.4, -0.2) is 46.6 Å². The van der Waals surface area contributed by atoms with Crippen molar-refractivity contribution < 1.29 is 4.79 Å². The highest BCUT2D eigenvalue weighted by atomic mass is 35.5. The molecule has 1 saturated heterocycles. The Kier molecular flexibility index (Phi) is 6.43. The summed E-state index contributed by atoms with van der Waals surface area (Å²) in [6, 6.07) is 8.35. The van der Waals surface area contributed by atoms with Crippen molar-refractivity contribution in [3.63, 3.8) is 0 Å². The average molecular weight is 422 g/mol. The lowest BCUT2D eigenvalue weighted by Crippen LogP contribution is -2.46. The Morgan fingerprint density at radius 3 is 2.54 bits per heavy atom. The summed E-state index contributed by atoms with van der Waals surface area (Å²) in [6.45, 7) is 2.02. The van der Waals surface area contributed by atoms with Gasteiger partial charge in [0, 0.05) is 36.1 Å². The van der Waals surface area contributed by atoms with Crippen LogP contribution in [0.5, 0.6) is 0 Å². The van der Waals surface area contributed by atoms with Gasteiger partial charge in [-0.3, -0.25) is 4.90 Å². The third kappa shape index (κ3) is 3.81. The summed E-state index contributed by atoms with van der Waals surface area (Å²) in [7, 11) is 0. The maximum absolute atomic E-state index is 12.9. The Morgan fingerprint density at radius 2 is 1.89 bits per heavy atom. The SMILES string of the molecule is Cl.NCC1(c2cccc(Cl)c2)CCC(N2CCN(c3cncnc3)C2=O)CC1. The number of urea groups is 1. The van der Waals surface area contributed by atoms with Gasteiger partial charge in [-0.15, -0.1) is 12.4 Å². The third-order valence-electron chi connectivity index (χ3n) is 6.08. The summed E-state index contributed by atoms with van der Waals surface area (Å²) < 4.78 is 0. The maximum Gasteiger partial charge on any atom is 0.324 e. The summed E-state index contributed by atoms with van der Waals surface area (Å²) in [4.78, 5) is 24.7. The molecular formula is C20H25Cl2N5O. The molecule has 0 bridgehead atoms. The van der Waals surface area contributed by atoms with Crippen LogP contribution in [0, 0.1) is 0 Å². The molecule has 1 aliphatic carbocycles. The molecule has 1 saturated carbocycles. The highest BCUT2D eigenvalue weighted by Crippen LogP contribution is 2.41. The van der Waals surface area contributed by atoms with Gasteiger partial charge in [-0.1, -0.05) is 23.7 Å². The summed E-state index contributed by atoms with van der Waals surface area (Å²) >= 11 is 6.20. The number of rotatable bonds is 4. The van der Waals surface area contributed by atoms with E-state index in [4.69, 9.17) is 17.3 Å². The number of nitrogens with two attached hydrogens (primary N) is 1. The Hall–Kier alpha value is -1.89. The van der Waals surface area contributed by atoms with Crippen molar-refractivity contribution in [1.29, 1.82) is 0 Å². The summed E-state index contributed by atoms with van der Waals surface area (Å²) in [5.41, 5.74) is 8.13. The number of aromatic nitrogens is 2. The maximum atomic E-state index is 12.9. The van der Waals surface area contributed by atoms with Crippen LogP contribution in [0.2, 0.25) is 5.02 Å². The lowest BCUT2D eigenvalue weighted by Gasteiger charge is -2.42. The first-order valence-corrected chi connectivity index (χ1v) is 9.80. The van der Waals surface area contributed by atoms with E-state index in [1.807, 2.05) is 23.1 Å². The molecule has 0 spiro atoms. The molecule has 28 heavy (non-hydrogen) atoms. The second kappa shape index (κ2) is 8.64. The van der Waals surface area contributed by atoms with Crippen LogP contribution in [0.4, 0.5) is 10.5 Å². The second-order valence-corrected chi connectivity index (χ2v) is 7.89. The molecule has 150 valence electrons. The number of amides is 2. The van der Waals surface area contributed by atoms with E-state index >= 15 is 0 Å². The Bertz CT molecular complexity index is 811. The van der Waals surface area contributed by atoms with Crippen molar-refractivity contribution in [1.82, 2.24) is 14.9 Å². The summed E-state index contributed by atoms with van der Waals surface area (Å²) in [6.07, 6.45) is 8.69. The molecule has 2 fully saturated rings. The van der Waals surface area contributed by atoms with Gasteiger partial charge >= 0.3 is 6.03 Å². The smallest absolute Gasteiger partial charge is 0.324 e. The van der Waals surface area contributed by atoms with Crippen LogP contribution in [0.1, 0.15) is 31.2 Å². The van der Waals surface area contributed by atoms with Gasteiger partial charge in [0.1, 0.15) is 6.33 Å². The largest absolute Gasteiger partial charge is 0.330 e. The van der Waals surface area contributed by atoms with E-state index in [1.165, 1.54) is 11.9 Å². The zero-order valence-corrected chi connectivity index (χ0v) is 17.2. The normalized spacial score (nSPS) is 24.9. The van der Waals surface area contributed by atoms with E-state index in [0.29, 0.717) is 13.1 Å². The van der Waals surface area contributed by atoms with Gasteiger partial charge in [-0.25, -0.2) is 14.8 Å². The molecule has 2 N–H and O–H groups in total. The average Bonchev–Trinajstić information content (AvgIpc) is 3.10. The van der Waals surface area contributed by atoms with Gasteiger partial charge in [-0.2, -0.15) is 0 Å². The number of nitrogens with zero attached hydrogens (tertiary/aromatic N) is 4. The van der Waals surface area contributed by atoms with Crippen molar-refractivity contribution in [3.05, 3.63) is 53.6 Å². The first-order valence-electron chi connectivity index (χ1n) is 9.42. The molecule has 2 amide bonds. The predicted molar refractivity (Wildman–Crippen MR) is 113 cm³/mol. The van der Waals surface area contributed by atoms with Gasteiger partial charge in [0.2, 0.25) is 0 Å². The van der Waals surface area contributed by atoms with Crippen molar-refractivity contribution in [2.75, 3.05) is 24.5 Å². The molecule has 1 aliphatic heterocycles. The molecule has 0 unspecified atom stereocenters. The molecule has 0 radical (unpaired) electrons. The fourth-order valence-corrected chi connectivity index (χ4v) is 4.65. The number of anilines is 1. The first kappa shape index (κ1) is 20.8. The zero-order valence-electron chi connectivity index (χ0n) is 15.6. The Labute approximate surface area is 176 Å². The standard InChI is InChI=1S/C20H24ClN5O.ClH/c21-16-3-1-2-15(10-16)20(13-22)6-4-17(5-7-20)25-8-9-26(19(25)27)18-11-23-14-24-12-18;/h1-3,10-12,14,17H,4-9,13,22H2;1H. The third-order valence-corrected chi connectivity index (χ3v) is 6.32. The van der Waals surface area contributed by atoms with Crippen LogP contribution in [-0.2, 0) is 5.41 Å². The minimum absolute atomic E-state index is 0. The van der Waals surface area contributed by atoms with E-state index in [-0.39, 0.29) is 29.9 Å². The lowest BCUT2D eigenvalue weighted by atomic mass is 9.68. The summed E-state index contributed by atoms with van der Waals surface area (Å²) in [5.74, 6) is 0.